The number of nitrogens with zero attached hydrogens (tertiary/aromatic N) is 3. The highest BCUT2D eigenvalue weighted by Crippen LogP contribution is 2.08. The third kappa shape index (κ3) is 1.84. The zero-order valence-electron chi connectivity index (χ0n) is 8.17. The maximum atomic E-state index is 4.14. The van der Waals surface area contributed by atoms with Gasteiger partial charge in [0, 0.05) is 7.05 Å². The zero-order valence-corrected chi connectivity index (χ0v) is 8.17. The summed E-state index contributed by atoms with van der Waals surface area (Å²) in [6, 6.07) is 0. The van der Waals surface area contributed by atoms with Crippen molar-refractivity contribution in [3.63, 3.8) is 0 Å². The minimum atomic E-state index is 1.03. The molecule has 0 N–H and O–H groups in total. The molecule has 0 aliphatic heterocycles. The van der Waals surface area contributed by atoms with Crippen molar-refractivity contribution in [1.82, 2.24) is 15.0 Å². The van der Waals surface area contributed by atoms with Crippen LogP contribution in [0, 0.1) is 0 Å². The summed E-state index contributed by atoms with van der Waals surface area (Å²) in [5.41, 5.74) is 2.46. The molecule has 0 aliphatic carbocycles. The summed E-state index contributed by atoms with van der Waals surface area (Å²) in [4.78, 5) is 0. The van der Waals surface area contributed by atoms with E-state index in [1.165, 1.54) is 24.2 Å². The van der Waals surface area contributed by atoms with Gasteiger partial charge in [-0.2, -0.15) is 0 Å². The molecule has 12 heavy (non-hydrogen) atoms. The first kappa shape index (κ1) is 9.23. The summed E-state index contributed by atoms with van der Waals surface area (Å²) in [5, 5.41) is 8.14. The quantitative estimate of drug-likeness (QED) is 0.683. The summed E-state index contributed by atoms with van der Waals surface area (Å²) in [7, 11) is 1.96. The third-order valence-corrected chi connectivity index (χ3v) is 2.13. The maximum absolute atomic E-state index is 4.14. The molecular formula is C9H17N3. The summed E-state index contributed by atoms with van der Waals surface area (Å²) >= 11 is 0. The van der Waals surface area contributed by atoms with Crippen molar-refractivity contribution in [1.29, 1.82) is 0 Å². The molecule has 0 aromatic carbocycles. The molecule has 0 aliphatic rings. The molecule has 0 saturated heterocycles. The lowest BCUT2D eigenvalue weighted by atomic mass is 10.1. The lowest BCUT2D eigenvalue weighted by Gasteiger charge is -1.99. The van der Waals surface area contributed by atoms with Gasteiger partial charge in [0.15, 0.2) is 0 Å². The van der Waals surface area contributed by atoms with Crippen LogP contribution in [0.3, 0.4) is 0 Å². The van der Waals surface area contributed by atoms with Crippen molar-refractivity contribution in [3.05, 3.63) is 11.4 Å². The van der Waals surface area contributed by atoms with Crippen LogP contribution in [0.2, 0.25) is 0 Å². The fourth-order valence-electron chi connectivity index (χ4n) is 1.39. The van der Waals surface area contributed by atoms with Crippen molar-refractivity contribution in [2.75, 3.05) is 0 Å². The lowest BCUT2D eigenvalue weighted by molar-refractivity contribution is 0.682. The van der Waals surface area contributed by atoms with E-state index in [1.807, 2.05) is 11.7 Å². The third-order valence-electron chi connectivity index (χ3n) is 2.13. The van der Waals surface area contributed by atoms with Gasteiger partial charge in [-0.05, 0) is 19.3 Å². The largest absolute Gasteiger partial charge is 0.252 e. The van der Waals surface area contributed by atoms with E-state index in [0.29, 0.717) is 0 Å². The van der Waals surface area contributed by atoms with Gasteiger partial charge in [-0.15, -0.1) is 5.10 Å². The van der Waals surface area contributed by atoms with Crippen LogP contribution in [0.15, 0.2) is 0 Å². The average molecular weight is 167 g/mol. The summed E-state index contributed by atoms with van der Waals surface area (Å²) in [6.07, 6.45) is 4.54. The van der Waals surface area contributed by atoms with E-state index in [1.54, 1.807) is 0 Å². The molecule has 0 radical (unpaired) electrons. The van der Waals surface area contributed by atoms with Crippen molar-refractivity contribution in [3.8, 4) is 0 Å². The second-order valence-corrected chi connectivity index (χ2v) is 3.06. The van der Waals surface area contributed by atoms with Crippen LogP contribution in [-0.4, -0.2) is 15.0 Å². The molecule has 0 spiro atoms. The van der Waals surface area contributed by atoms with Crippen LogP contribution in [0.25, 0.3) is 0 Å². The summed E-state index contributed by atoms with van der Waals surface area (Å²) < 4.78 is 1.88. The number of aromatic nitrogens is 3. The van der Waals surface area contributed by atoms with Crippen LogP contribution in [0.5, 0.6) is 0 Å². The van der Waals surface area contributed by atoms with Crippen LogP contribution >= 0.6 is 0 Å². The molecule has 0 fully saturated rings. The molecule has 1 aromatic rings. The van der Waals surface area contributed by atoms with Gasteiger partial charge in [0.05, 0.1) is 11.4 Å². The smallest absolute Gasteiger partial charge is 0.0858 e. The van der Waals surface area contributed by atoms with Gasteiger partial charge in [0.2, 0.25) is 0 Å². The Morgan fingerprint density at radius 2 is 2.08 bits per heavy atom. The molecule has 0 saturated carbocycles. The van der Waals surface area contributed by atoms with Crippen LogP contribution in [0.4, 0.5) is 0 Å². The van der Waals surface area contributed by atoms with Crippen molar-refractivity contribution in [2.24, 2.45) is 7.05 Å². The molecule has 0 unspecified atom stereocenters. The SMILES string of the molecule is CCCCc1nnn(C)c1CC. The van der Waals surface area contributed by atoms with Crippen LogP contribution in [0.1, 0.15) is 38.1 Å². The van der Waals surface area contributed by atoms with Crippen molar-refractivity contribution in [2.45, 2.75) is 39.5 Å². The monoisotopic (exact) mass is 167 g/mol. The molecule has 68 valence electrons. The number of unbranched alkanes of at least 4 members (excludes halogenated alkanes) is 1. The first-order chi connectivity index (χ1) is 5.79. The number of hydrogen-bond acceptors (Lipinski definition) is 2. The van der Waals surface area contributed by atoms with Crippen LogP contribution < -0.4 is 0 Å². The lowest BCUT2D eigenvalue weighted by Crippen LogP contribution is -1.98. The molecule has 1 aromatic heterocycles. The maximum Gasteiger partial charge on any atom is 0.0858 e. The predicted octanol–water partition coefficient (Wildman–Crippen LogP) is 1.72. The van der Waals surface area contributed by atoms with Crippen LogP contribution in [-0.2, 0) is 19.9 Å². The number of aryl methyl sites for hydroxylation is 2. The first-order valence-corrected chi connectivity index (χ1v) is 4.67. The first-order valence-electron chi connectivity index (χ1n) is 4.67. The van der Waals surface area contributed by atoms with Gasteiger partial charge in [-0.25, -0.2) is 0 Å². The highest BCUT2D eigenvalue weighted by molar-refractivity contribution is 5.09. The Labute approximate surface area is 73.8 Å². The normalized spacial score (nSPS) is 10.6. The Morgan fingerprint density at radius 3 is 2.67 bits per heavy atom. The van der Waals surface area contributed by atoms with Gasteiger partial charge in [0.1, 0.15) is 0 Å². The van der Waals surface area contributed by atoms with E-state index in [4.69, 9.17) is 0 Å². The van der Waals surface area contributed by atoms with E-state index in [9.17, 15) is 0 Å². The van der Waals surface area contributed by atoms with E-state index in [-0.39, 0.29) is 0 Å². The molecule has 0 bridgehead atoms. The topological polar surface area (TPSA) is 30.7 Å². The molecule has 3 nitrogen and oxygen atoms in total. The Kier molecular flexibility index (Phi) is 3.26. The number of hydrogen-bond donors (Lipinski definition) is 0. The fourth-order valence-corrected chi connectivity index (χ4v) is 1.39. The van der Waals surface area contributed by atoms with Crippen molar-refractivity contribution < 1.29 is 0 Å². The highest BCUT2D eigenvalue weighted by atomic mass is 15.4. The zero-order chi connectivity index (χ0) is 8.97. The molecule has 1 rings (SSSR count). The Morgan fingerprint density at radius 1 is 1.33 bits per heavy atom. The minimum absolute atomic E-state index is 1.03. The molecule has 1 heterocycles. The standard InChI is InChI=1S/C9H17N3/c1-4-6-7-8-9(5-2)12(3)11-10-8/h4-7H2,1-3H3. The Hall–Kier alpha value is -0.860. The van der Waals surface area contributed by atoms with Gasteiger partial charge in [-0.3, -0.25) is 4.68 Å². The molecular weight excluding hydrogens is 150 g/mol. The highest BCUT2D eigenvalue weighted by Gasteiger charge is 2.06. The second kappa shape index (κ2) is 4.24. The van der Waals surface area contributed by atoms with E-state index >= 15 is 0 Å². The Bertz CT molecular complexity index is 240. The van der Waals surface area contributed by atoms with E-state index in [2.05, 4.69) is 24.2 Å². The Balaban J connectivity index is 2.70. The second-order valence-electron chi connectivity index (χ2n) is 3.06. The predicted molar refractivity (Wildman–Crippen MR) is 49.0 cm³/mol. The number of rotatable bonds is 4. The molecule has 0 atom stereocenters. The van der Waals surface area contributed by atoms with Gasteiger partial charge in [-0.1, -0.05) is 25.5 Å². The van der Waals surface area contributed by atoms with Gasteiger partial charge >= 0.3 is 0 Å². The van der Waals surface area contributed by atoms with Gasteiger partial charge in [0.25, 0.3) is 0 Å². The van der Waals surface area contributed by atoms with E-state index in [0.717, 1.165) is 12.8 Å². The molecule has 3 heteroatoms. The fraction of sp³-hybridized carbons (Fsp3) is 0.778. The minimum Gasteiger partial charge on any atom is -0.252 e. The van der Waals surface area contributed by atoms with Crippen molar-refractivity contribution >= 4 is 0 Å². The van der Waals surface area contributed by atoms with Gasteiger partial charge < -0.3 is 0 Å². The summed E-state index contributed by atoms with van der Waals surface area (Å²) in [6.45, 7) is 4.34. The average Bonchev–Trinajstić information content (AvgIpc) is 2.43. The van der Waals surface area contributed by atoms with E-state index < -0.39 is 0 Å². The molecule has 0 amide bonds. The summed E-state index contributed by atoms with van der Waals surface area (Å²) in [5.74, 6) is 0.